The number of carbonyl (C=O) groups is 1. The zero-order valence-electron chi connectivity index (χ0n) is 19.6. The maximum atomic E-state index is 14.7. The summed E-state index contributed by atoms with van der Waals surface area (Å²) < 4.78 is 14.7. The summed E-state index contributed by atoms with van der Waals surface area (Å²) in [6.45, 7) is 4.17. The molecule has 2 heterocycles. The molecule has 0 spiro atoms. The minimum absolute atomic E-state index is 0.272. The van der Waals surface area contributed by atoms with E-state index in [1.54, 1.807) is 36.7 Å². The molecule has 0 unspecified atom stereocenters. The average molecular weight is 457 g/mol. The normalized spacial score (nSPS) is 14.3. The molecule has 1 aliphatic rings. The lowest BCUT2D eigenvalue weighted by Gasteiger charge is -2.28. The number of nitrogens with zero attached hydrogens (tertiary/aromatic N) is 3. The highest BCUT2D eigenvalue weighted by atomic mass is 19.1. The van der Waals surface area contributed by atoms with Gasteiger partial charge in [0.1, 0.15) is 12.1 Å². The quantitative estimate of drug-likeness (QED) is 0.558. The van der Waals surface area contributed by atoms with Crippen molar-refractivity contribution in [1.29, 1.82) is 0 Å². The van der Waals surface area contributed by atoms with Crippen LogP contribution in [0.2, 0.25) is 0 Å². The minimum atomic E-state index is -0.301. The molecule has 174 valence electrons. The molecule has 0 aliphatic carbocycles. The summed E-state index contributed by atoms with van der Waals surface area (Å²) in [4.78, 5) is 23.1. The van der Waals surface area contributed by atoms with E-state index in [1.807, 2.05) is 13.0 Å². The number of aromatic nitrogens is 2. The van der Waals surface area contributed by atoms with Crippen LogP contribution >= 0.6 is 0 Å². The van der Waals surface area contributed by atoms with Crippen LogP contribution in [0.3, 0.4) is 0 Å². The van der Waals surface area contributed by atoms with Crippen LogP contribution in [-0.2, 0) is 6.42 Å². The van der Waals surface area contributed by atoms with Crippen LogP contribution in [0, 0.1) is 30.5 Å². The number of benzene rings is 2. The summed E-state index contributed by atoms with van der Waals surface area (Å²) in [5.74, 6) is 6.17. The number of nitrogens with one attached hydrogen (secondary N) is 1. The Morgan fingerprint density at radius 1 is 1.12 bits per heavy atom. The van der Waals surface area contributed by atoms with Gasteiger partial charge in [0.05, 0.1) is 5.56 Å². The van der Waals surface area contributed by atoms with E-state index in [1.165, 1.54) is 25.2 Å². The number of amides is 1. The first-order valence-electron chi connectivity index (χ1n) is 11.6. The number of halogens is 1. The Morgan fingerprint density at radius 2 is 1.88 bits per heavy atom. The predicted octanol–water partition coefficient (Wildman–Crippen LogP) is 4.85. The molecule has 1 fully saturated rings. The Balaban J connectivity index is 1.39. The summed E-state index contributed by atoms with van der Waals surface area (Å²) in [5.41, 5.74) is 4.01. The van der Waals surface area contributed by atoms with Crippen molar-refractivity contribution in [3.63, 3.8) is 0 Å². The highest BCUT2D eigenvalue weighted by molar-refractivity contribution is 6.04. The number of likely N-dealkylation sites (tertiary alicyclic amines) is 1. The molecule has 1 saturated heterocycles. The van der Waals surface area contributed by atoms with Gasteiger partial charge in [-0.15, -0.1) is 0 Å². The maximum absolute atomic E-state index is 14.7. The fraction of sp³-hybridized carbons (Fsp3) is 0.321. The van der Waals surface area contributed by atoms with Crippen LogP contribution < -0.4 is 5.32 Å². The topological polar surface area (TPSA) is 58.1 Å². The summed E-state index contributed by atoms with van der Waals surface area (Å²) in [7, 11) is 2.15. The second-order valence-electron chi connectivity index (χ2n) is 8.95. The molecule has 3 aromatic rings. The van der Waals surface area contributed by atoms with Gasteiger partial charge in [-0.3, -0.25) is 4.79 Å². The first kappa shape index (κ1) is 23.6. The lowest BCUT2D eigenvalue weighted by Crippen LogP contribution is -2.30. The first-order chi connectivity index (χ1) is 16.5. The van der Waals surface area contributed by atoms with Gasteiger partial charge in [0.15, 0.2) is 0 Å². The molecule has 0 saturated carbocycles. The van der Waals surface area contributed by atoms with Gasteiger partial charge in [-0.1, -0.05) is 24.0 Å². The van der Waals surface area contributed by atoms with Crippen molar-refractivity contribution >= 4 is 11.6 Å². The number of anilines is 1. The highest BCUT2D eigenvalue weighted by Gasteiger charge is 2.17. The molecule has 0 radical (unpaired) electrons. The minimum Gasteiger partial charge on any atom is -0.322 e. The maximum Gasteiger partial charge on any atom is 0.255 e. The fourth-order valence-corrected chi connectivity index (χ4v) is 4.14. The Kier molecular flexibility index (Phi) is 7.66. The Morgan fingerprint density at radius 3 is 2.62 bits per heavy atom. The van der Waals surface area contributed by atoms with E-state index >= 15 is 0 Å². The van der Waals surface area contributed by atoms with E-state index in [0.717, 1.165) is 37.1 Å². The van der Waals surface area contributed by atoms with E-state index in [9.17, 15) is 9.18 Å². The Hall–Kier alpha value is -3.56. The zero-order valence-corrected chi connectivity index (χ0v) is 19.6. The Bertz CT molecular complexity index is 1210. The van der Waals surface area contributed by atoms with Crippen LogP contribution in [0.25, 0.3) is 0 Å². The van der Waals surface area contributed by atoms with Crippen LogP contribution in [0.4, 0.5) is 10.1 Å². The zero-order chi connectivity index (χ0) is 23.9. The summed E-state index contributed by atoms with van der Waals surface area (Å²) >= 11 is 0. The predicted molar refractivity (Wildman–Crippen MR) is 132 cm³/mol. The molecule has 1 amide bonds. The third-order valence-corrected chi connectivity index (χ3v) is 6.37. The van der Waals surface area contributed by atoms with Gasteiger partial charge < -0.3 is 10.2 Å². The molecule has 0 bridgehead atoms. The van der Waals surface area contributed by atoms with Crippen LogP contribution in [0.5, 0.6) is 0 Å². The highest BCUT2D eigenvalue weighted by Crippen LogP contribution is 2.24. The van der Waals surface area contributed by atoms with Gasteiger partial charge in [-0.05, 0) is 94.1 Å². The third-order valence-electron chi connectivity index (χ3n) is 6.37. The molecule has 1 aliphatic heterocycles. The average Bonchev–Trinajstić information content (AvgIpc) is 2.84. The van der Waals surface area contributed by atoms with Crippen LogP contribution in [0.15, 0.2) is 55.1 Å². The van der Waals surface area contributed by atoms with Gasteiger partial charge in [0, 0.05) is 29.2 Å². The molecular formula is C28H29FN4O. The molecule has 34 heavy (non-hydrogen) atoms. The standard InChI is InChI=1S/C28H29FN4O/c1-20-3-6-25(15-24(20)8-5-22-17-30-19-31-18-22)28(34)32-26-10-9-23(27(29)16-26)7-4-21-11-13-33(2)14-12-21/h3,6,9-10,15-19,21H,4,7,11-14H2,1-2H3,(H,32,34). The second-order valence-corrected chi connectivity index (χ2v) is 8.95. The number of hydrogen-bond acceptors (Lipinski definition) is 4. The fourth-order valence-electron chi connectivity index (χ4n) is 4.14. The van der Waals surface area contributed by atoms with Gasteiger partial charge in [-0.25, -0.2) is 14.4 Å². The van der Waals surface area contributed by atoms with Gasteiger partial charge in [0.25, 0.3) is 5.91 Å². The van der Waals surface area contributed by atoms with Crippen LogP contribution in [-0.4, -0.2) is 40.9 Å². The van der Waals surface area contributed by atoms with Crippen molar-refractivity contribution < 1.29 is 9.18 Å². The summed E-state index contributed by atoms with van der Waals surface area (Å²) in [6.07, 6.45) is 8.80. The second kappa shape index (κ2) is 11.0. The molecular weight excluding hydrogens is 427 g/mol. The van der Waals surface area contributed by atoms with E-state index in [0.29, 0.717) is 28.3 Å². The molecule has 1 N–H and O–H groups in total. The van der Waals surface area contributed by atoms with Gasteiger partial charge >= 0.3 is 0 Å². The SMILES string of the molecule is Cc1ccc(C(=O)Nc2ccc(CCC3CCN(C)CC3)c(F)c2)cc1C#Cc1cncnc1. The van der Waals surface area contributed by atoms with Crippen LogP contribution in [0.1, 0.15) is 51.9 Å². The molecule has 5 nitrogen and oxygen atoms in total. The monoisotopic (exact) mass is 456 g/mol. The van der Waals surface area contributed by atoms with Crippen molar-refractivity contribution in [3.8, 4) is 11.8 Å². The lowest BCUT2D eigenvalue weighted by atomic mass is 9.90. The van der Waals surface area contributed by atoms with Crippen molar-refractivity contribution in [1.82, 2.24) is 14.9 Å². The smallest absolute Gasteiger partial charge is 0.255 e. The number of aryl methyl sites for hydroxylation is 2. The lowest BCUT2D eigenvalue weighted by molar-refractivity contribution is 0.102. The molecule has 6 heteroatoms. The summed E-state index contributed by atoms with van der Waals surface area (Å²) in [5, 5.41) is 2.80. The van der Waals surface area contributed by atoms with Crippen molar-refractivity contribution in [3.05, 3.63) is 88.8 Å². The van der Waals surface area contributed by atoms with E-state index < -0.39 is 0 Å². The van der Waals surface area contributed by atoms with E-state index in [2.05, 4.69) is 39.1 Å². The number of rotatable bonds is 5. The molecule has 1 aromatic heterocycles. The number of carbonyl (C=O) groups excluding carboxylic acids is 1. The largest absolute Gasteiger partial charge is 0.322 e. The van der Waals surface area contributed by atoms with E-state index in [-0.39, 0.29) is 11.7 Å². The first-order valence-corrected chi connectivity index (χ1v) is 11.6. The third kappa shape index (κ3) is 6.27. The number of hydrogen-bond donors (Lipinski definition) is 1. The van der Waals surface area contributed by atoms with Gasteiger partial charge in [-0.2, -0.15) is 0 Å². The molecule has 2 aromatic carbocycles. The van der Waals surface area contributed by atoms with Crippen molar-refractivity contribution in [2.45, 2.75) is 32.6 Å². The van der Waals surface area contributed by atoms with Gasteiger partial charge in [0.2, 0.25) is 0 Å². The van der Waals surface area contributed by atoms with Crippen molar-refractivity contribution in [2.75, 3.05) is 25.5 Å². The van der Waals surface area contributed by atoms with Crippen molar-refractivity contribution in [2.24, 2.45) is 5.92 Å². The molecule has 0 atom stereocenters. The summed E-state index contributed by atoms with van der Waals surface area (Å²) in [6, 6.07) is 10.3. The Labute approximate surface area is 200 Å². The number of piperidine rings is 1. The molecule has 4 rings (SSSR count). The van der Waals surface area contributed by atoms with E-state index in [4.69, 9.17) is 0 Å².